The number of carboxylic acid groups (broad SMARTS) is 1. The highest BCUT2D eigenvalue weighted by atomic mass is 35.5. The number of fused-ring (bicyclic) bond motifs is 1. The molecule has 5 heteroatoms. The molecule has 70 valence electrons. The van der Waals surface area contributed by atoms with Gasteiger partial charge in [0.2, 0.25) is 5.28 Å². The molecule has 0 fully saturated rings. The zero-order valence-electron chi connectivity index (χ0n) is 6.94. The summed E-state index contributed by atoms with van der Waals surface area (Å²) >= 11 is 5.58. The Bertz CT molecular complexity index is 513. The van der Waals surface area contributed by atoms with Crippen molar-refractivity contribution in [2.75, 3.05) is 0 Å². The van der Waals surface area contributed by atoms with Crippen LogP contribution in [0.4, 0.5) is 0 Å². The molecule has 0 spiro atoms. The molecule has 0 atom stereocenters. The molecule has 0 amide bonds. The molecule has 1 N–H and O–H groups in total. The number of carbonyl (C=O) groups is 1. The van der Waals surface area contributed by atoms with Crippen molar-refractivity contribution in [1.82, 2.24) is 9.97 Å². The standard InChI is InChI=1S/C9H5ClN2O2/c10-9-11-4-6-2-1-5(8(13)14)3-7(6)12-9/h1-4H,(H,13,14). The third kappa shape index (κ3) is 1.52. The summed E-state index contributed by atoms with van der Waals surface area (Å²) in [4.78, 5) is 18.4. The molecule has 0 saturated heterocycles. The van der Waals surface area contributed by atoms with Crippen LogP contribution in [0.3, 0.4) is 0 Å². The molecule has 0 radical (unpaired) electrons. The highest BCUT2D eigenvalue weighted by Crippen LogP contribution is 2.14. The van der Waals surface area contributed by atoms with Gasteiger partial charge in [-0.25, -0.2) is 14.8 Å². The second kappa shape index (κ2) is 3.23. The zero-order valence-corrected chi connectivity index (χ0v) is 7.69. The van der Waals surface area contributed by atoms with Crippen LogP contribution >= 0.6 is 11.6 Å². The molecule has 0 aliphatic rings. The molecule has 4 nitrogen and oxygen atoms in total. The summed E-state index contributed by atoms with van der Waals surface area (Å²) in [5.41, 5.74) is 0.720. The van der Waals surface area contributed by atoms with E-state index in [1.54, 1.807) is 12.3 Å². The summed E-state index contributed by atoms with van der Waals surface area (Å²) in [5.74, 6) is -0.985. The van der Waals surface area contributed by atoms with E-state index < -0.39 is 5.97 Å². The zero-order chi connectivity index (χ0) is 10.1. The van der Waals surface area contributed by atoms with Gasteiger partial charge in [-0.1, -0.05) is 6.07 Å². The third-order valence-corrected chi connectivity index (χ3v) is 1.98. The Kier molecular flexibility index (Phi) is 2.05. The minimum atomic E-state index is -0.985. The van der Waals surface area contributed by atoms with Crippen LogP contribution in [-0.2, 0) is 0 Å². The van der Waals surface area contributed by atoms with E-state index in [0.717, 1.165) is 5.39 Å². The van der Waals surface area contributed by atoms with E-state index in [0.29, 0.717) is 5.52 Å². The van der Waals surface area contributed by atoms with Crippen molar-refractivity contribution in [1.29, 1.82) is 0 Å². The minimum Gasteiger partial charge on any atom is -0.478 e. The quantitative estimate of drug-likeness (QED) is 0.728. The lowest BCUT2D eigenvalue weighted by Gasteiger charge is -1.98. The number of rotatable bonds is 1. The first-order valence-electron chi connectivity index (χ1n) is 3.82. The first-order chi connectivity index (χ1) is 6.66. The van der Waals surface area contributed by atoms with E-state index in [2.05, 4.69) is 9.97 Å². The van der Waals surface area contributed by atoms with E-state index in [1.165, 1.54) is 12.1 Å². The van der Waals surface area contributed by atoms with Gasteiger partial charge in [-0.05, 0) is 23.7 Å². The fourth-order valence-electron chi connectivity index (χ4n) is 1.13. The maximum Gasteiger partial charge on any atom is 0.335 e. The number of aromatic nitrogens is 2. The maximum atomic E-state index is 10.7. The van der Waals surface area contributed by atoms with E-state index in [1.807, 2.05) is 0 Å². The first kappa shape index (κ1) is 8.90. The largest absolute Gasteiger partial charge is 0.478 e. The molecule has 0 aliphatic heterocycles. The van der Waals surface area contributed by atoms with Crippen LogP contribution < -0.4 is 0 Å². The van der Waals surface area contributed by atoms with E-state index in [-0.39, 0.29) is 10.8 Å². The predicted molar refractivity (Wildman–Crippen MR) is 51.5 cm³/mol. The molecule has 0 saturated carbocycles. The summed E-state index contributed by atoms with van der Waals surface area (Å²) in [6.45, 7) is 0. The Morgan fingerprint density at radius 3 is 2.93 bits per heavy atom. The normalized spacial score (nSPS) is 10.4. The lowest BCUT2D eigenvalue weighted by Crippen LogP contribution is -1.96. The van der Waals surface area contributed by atoms with Gasteiger partial charge in [0.15, 0.2) is 0 Å². The van der Waals surface area contributed by atoms with Crippen molar-refractivity contribution >= 4 is 28.5 Å². The number of hydrogen-bond acceptors (Lipinski definition) is 3. The minimum absolute atomic E-state index is 0.111. The molecule has 2 aromatic rings. The van der Waals surface area contributed by atoms with Gasteiger partial charge < -0.3 is 5.11 Å². The Labute approximate surface area is 84.2 Å². The second-order valence-corrected chi connectivity index (χ2v) is 3.06. The lowest BCUT2D eigenvalue weighted by atomic mass is 10.1. The van der Waals surface area contributed by atoms with Crippen LogP contribution in [-0.4, -0.2) is 21.0 Å². The van der Waals surface area contributed by atoms with Gasteiger partial charge in [0, 0.05) is 11.6 Å². The fourth-order valence-corrected chi connectivity index (χ4v) is 1.27. The summed E-state index contributed by atoms with van der Waals surface area (Å²) < 4.78 is 0. The summed E-state index contributed by atoms with van der Waals surface area (Å²) in [7, 11) is 0. The van der Waals surface area contributed by atoms with Crippen LogP contribution in [0, 0.1) is 0 Å². The van der Waals surface area contributed by atoms with Crippen molar-refractivity contribution in [2.45, 2.75) is 0 Å². The summed E-state index contributed by atoms with van der Waals surface area (Å²) in [6, 6.07) is 4.61. The van der Waals surface area contributed by atoms with Gasteiger partial charge in [-0.3, -0.25) is 0 Å². The van der Waals surface area contributed by atoms with Crippen molar-refractivity contribution in [2.24, 2.45) is 0 Å². The molecule has 14 heavy (non-hydrogen) atoms. The van der Waals surface area contributed by atoms with Gasteiger partial charge in [0.25, 0.3) is 0 Å². The second-order valence-electron chi connectivity index (χ2n) is 2.72. The predicted octanol–water partition coefficient (Wildman–Crippen LogP) is 1.98. The summed E-state index contributed by atoms with van der Waals surface area (Å²) in [5, 5.41) is 9.61. The van der Waals surface area contributed by atoms with Crippen molar-refractivity contribution in [3.8, 4) is 0 Å². The molecule has 0 unspecified atom stereocenters. The third-order valence-electron chi connectivity index (χ3n) is 1.80. The van der Waals surface area contributed by atoms with Gasteiger partial charge in [0.1, 0.15) is 0 Å². The van der Waals surface area contributed by atoms with Crippen molar-refractivity contribution < 1.29 is 9.90 Å². The molecule has 0 aliphatic carbocycles. The Morgan fingerprint density at radius 2 is 2.21 bits per heavy atom. The fraction of sp³-hybridized carbons (Fsp3) is 0. The highest BCUT2D eigenvalue weighted by Gasteiger charge is 2.04. The average Bonchev–Trinajstić information content (AvgIpc) is 2.16. The lowest BCUT2D eigenvalue weighted by molar-refractivity contribution is 0.0697. The molecule has 0 bridgehead atoms. The Morgan fingerprint density at radius 1 is 1.43 bits per heavy atom. The number of benzene rings is 1. The van der Waals surface area contributed by atoms with Gasteiger partial charge in [-0.2, -0.15) is 0 Å². The topological polar surface area (TPSA) is 63.1 Å². The van der Waals surface area contributed by atoms with Crippen LogP contribution in [0.2, 0.25) is 5.28 Å². The highest BCUT2D eigenvalue weighted by molar-refractivity contribution is 6.28. The van der Waals surface area contributed by atoms with Crippen LogP contribution in [0.5, 0.6) is 0 Å². The van der Waals surface area contributed by atoms with E-state index in [9.17, 15) is 4.79 Å². The van der Waals surface area contributed by atoms with E-state index >= 15 is 0 Å². The first-order valence-corrected chi connectivity index (χ1v) is 4.20. The number of hydrogen-bond donors (Lipinski definition) is 1. The number of nitrogens with zero attached hydrogens (tertiary/aromatic N) is 2. The monoisotopic (exact) mass is 208 g/mol. The molecular formula is C9H5ClN2O2. The smallest absolute Gasteiger partial charge is 0.335 e. The van der Waals surface area contributed by atoms with E-state index in [4.69, 9.17) is 16.7 Å². The average molecular weight is 209 g/mol. The number of aromatic carboxylic acids is 1. The number of halogens is 1. The summed E-state index contributed by atoms with van der Waals surface area (Å²) in [6.07, 6.45) is 1.55. The Hall–Kier alpha value is -1.68. The molecular weight excluding hydrogens is 204 g/mol. The van der Waals surface area contributed by atoms with Crippen LogP contribution in [0.25, 0.3) is 10.9 Å². The van der Waals surface area contributed by atoms with Gasteiger partial charge >= 0.3 is 5.97 Å². The number of carboxylic acids is 1. The molecule has 2 rings (SSSR count). The van der Waals surface area contributed by atoms with Crippen molar-refractivity contribution in [3.05, 3.63) is 35.2 Å². The molecule has 1 aromatic carbocycles. The SMILES string of the molecule is O=C(O)c1ccc2cnc(Cl)nc2c1. The maximum absolute atomic E-state index is 10.7. The molecule has 1 aromatic heterocycles. The van der Waals surface area contributed by atoms with Gasteiger partial charge in [-0.15, -0.1) is 0 Å². The Balaban J connectivity index is 2.69. The van der Waals surface area contributed by atoms with Crippen molar-refractivity contribution in [3.63, 3.8) is 0 Å². The van der Waals surface area contributed by atoms with Crippen LogP contribution in [0.1, 0.15) is 10.4 Å². The van der Waals surface area contributed by atoms with Crippen LogP contribution in [0.15, 0.2) is 24.4 Å². The molecule has 1 heterocycles. The van der Waals surface area contributed by atoms with Gasteiger partial charge in [0.05, 0.1) is 11.1 Å².